The summed E-state index contributed by atoms with van der Waals surface area (Å²) in [6.45, 7) is 5.71. The fourth-order valence-corrected chi connectivity index (χ4v) is 4.81. The lowest BCUT2D eigenvalue weighted by molar-refractivity contribution is -0.298. The van der Waals surface area contributed by atoms with Crippen LogP contribution in [0.15, 0.2) is 30.3 Å². The highest BCUT2D eigenvalue weighted by Crippen LogP contribution is 2.55. The van der Waals surface area contributed by atoms with Crippen molar-refractivity contribution < 1.29 is 24.1 Å². The van der Waals surface area contributed by atoms with Gasteiger partial charge in [0.15, 0.2) is 5.79 Å². The third kappa shape index (κ3) is 3.28. The summed E-state index contributed by atoms with van der Waals surface area (Å²) >= 11 is 0. The van der Waals surface area contributed by atoms with Crippen LogP contribution in [0.5, 0.6) is 0 Å². The minimum absolute atomic E-state index is 0.0233. The zero-order valence-corrected chi connectivity index (χ0v) is 15.5. The second-order valence-electron chi connectivity index (χ2n) is 8.88. The molecule has 26 heavy (non-hydrogen) atoms. The highest BCUT2D eigenvalue weighted by Gasteiger charge is 2.57. The molecule has 4 rings (SSSR count). The van der Waals surface area contributed by atoms with E-state index in [1.54, 1.807) is 12.1 Å². The van der Waals surface area contributed by atoms with Gasteiger partial charge in [-0.2, -0.15) is 0 Å². The monoisotopic (exact) mass is 360 g/mol. The standard InChI is InChI=1S/C21H28O5/c1-20(2)12-24-21(25-13-20)9-15-8-18(17(11-22)16(15)10-21)26-19(23)14-6-4-3-5-7-14/h3-7,15-18,22H,8-13H2,1-2H3. The van der Waals surface area contributed by atoms with E-state index in [9.17, 15) is 9.90 Å². The number of rotatable bonds is 3. The van der Waals surface area contributed by atoms with Crippen LogP contribution in [0.3, 0.4) is 0 Å². The van der Waals surface area contributed by atoms with Crippen LogP contribution in [0.1, 0.15) is 43.5 Å². The molecular formula is C21H28O5. The SMILES string of the molecule is CC1(C)COC2(CC3CC(OC(=O)c4ccccc4)C(CO)C3C2)OC1. The van der Waals surface area contributed by atoms with Gasteiger partial charge in [0.05, 0.1) is 18.8 Å². The van der Waals surface area contributed by atoms with Crippen LogP contribution in [-0.2, 0) is 14.2 Å². The lowest BCUT2D eigenvalue weighted by Gasteiger charge is -2.42. The van der Waals surface area contributed by atoms with Gasteiger partial charge in [0.1, 0.15) is 6.10 Å². The molecule has 1 aromatic rings. The second-order valence-corrected chi connectivity index (χ2v) is 8.88. The third-order valence-electron chi connectivity index (χ3n) is 6.22. The topological polar surface area (TPSA) is 65.0 Å². The van der Waals surface area contributed by atoms with Gasteiger partial charge in [-0.1, -0.05) is 32.0 Å². The number of carbonyl (C=O) groups excluding carboxylic acids is 1. The molecule has 1 aromatic carbocycles. The molecule has 1 saturated heterocycles. The number of aliphatic hydroxyl groups excluding tert-OH is 1. The fraction of sp³-hybridized carbons (Fsp3) is 0.667. The second kappa shape index (κ2) is 6.63. The number of hydrogen-bond acceptors (Lipinski definition) is 5. The van der Waals surface area contributed by atoms with E-state index >= 15 is 0 Å². The summed E-state index contributed by atoms with van der Waals surface area (Å²) in [5, 5.41) is 9.96. The van der Waals surface area contributed by atoms with Gasteiger partial charge in [-0.25, -0.2) is 4.79 Å². The van der Waals surface area contributed by atoms with Crippen molar-refractivity contribution in [1.29, 1.82) is 0 Å². The third-order valence-corrected chi connectivity index (χ3v) is 6.22. The molecule has 0 radical (unpaired) electrons. The first kappa shape index (κ1) is 18.0. The zero-order valence-electron chi connectivity index (χ0n) is 15.5. The molecule has 1 heterocycles. The van der Waals surface area contributed by atoms with E-state index in [4.69, 9.17) is 14.2 Å². The van der Waals surface area contributed by atoms with Gasteiger partial charge >= 0.3 is 5.97 Å². The Morgan fingerprint density at radius 2 is 1.88 bits per heavy atom. The number of aliphatic hydroxyl groups is 1. The Morgan fingerprint density at radius 3 is 2.54 bits per heavy atom. The van der Waals surface area contributed by atoms with Crippen molar-refractivity contribution in [3.63, 3.8) is 0 Å². The Balaban J connectivity index is 1.42. The first-order valence-electron chi connectivity index (χ1n) is 9.56. The van der Waals surface area contributed by atoms with Crippen LogP contribution < -0.4 is 0 Å². The molecule has 4 atom stereocenters. The Bertz CT molecular complexity index is 646. The average Bonchev–Trinajstić information content (AvgIpc) is 3.12. The summed E-state index contributed by atoms with van der Waals surface area (Å²) in [7, 11) is 0. The molecule has 1 aliphatic heterocycles. The van der Waals surface area contributed by atoms with E-state index in [0.29, 0.717) is 24.7 Å². The van der Waals surface area contributed by atoms with Crippen molar-refractivity contribution in [2.45, 2.75) is 45.0 Å². The summed E-state index contributed by atoms with van der Waals surface area (Å²) in [4.78, 5) is 12.4. The molecule has 5 heteroatoms. The van der Waals surface area contributed by atoms with Crippen LogP contribution in [0, 0.1) is 23.2 Å². The van der Waals surface area contributed by atoms with Crippen molar-refractivity contribution in [2.75, 3.05) is 19.8 Å². The molecule has 1 N–H and O–H groups in total. The van der Waals surface area contributed by atoms with Gasteiger partial charge < -0.3 is 19.3 Å². The highest BCUT2D eigenvalue weighted by molar-refractivity contribution is 5.89. The summed E-state index contributed by atoms with van der Waals surface area (Å²) in [5.41, 5.74) is 0.603. The minimum atomic E-state index is -0.507. The number of benzene rings is 1. The Hall–Kier alpha value is -1.43. The van der Waals surface area contributed by atoms with Crippen LogP contribution in [0.2, 0.25) is 0 Å². The van der Waals surface area contributed by atoms with Crippen molar-refractivity contribution in [2.24, 2.45) is 23.2 Å². The molecule has 3 aliphatic rings. The Morgan fingerprint density at radius 1 is 1.19 bits per heavy atom. The van der Waals surface area contributed by atoms with E-state index in [2.05, 4.69) is 13.8 Å². The first-order valence-corrected chi connectivity index (χ1v) is 9.56. The van der Waals surface area contributed by atoms with Crippen molar-refractivity contribution in [3.8, 4) is 0 Å². The smallest absolute Gasteiger partial charge is 0.338 e. The lowest BCUT2D eigenvalue weighted by Crippen LogP contribution is -2.47. The van der Waals surface area contributed by atoms with Crippen LogP contribution >= 0.6 is 0 Å². The maximum Gasteiger partial charge on any atom is 0.338 e. The molecule has 1 spiro atoms. The molecule has 4 unspecified atom stereocenters. The molecule has 0 amide bonds. The predicted octanol–water partition coefficient (Wildman–Crippen LogP) is 3.02. The number of hydrogen-bond donors (Lipinski definition) is 1. The maximum absolute atomic E-state index is 12.4. The fourth-order valence-electron chi connectivity index (χ4n) is 4.81. The quantitative estimate of drug-likeness (QED) is 0.840. The molecule has 2 saturated carbocycles. The normalized spacial score (nSPS) is 34.6. The van der Waals surface area contributed by atoms with Gasteiger partial charge in [-0.05, 0) is 30.4 Å². The number of ether oxygens (including phenoxy) is 3. The number of carbonyl (C=O) groups is 1. The Kier molecular flexibility index (Phi) is 4.58. The summed E-state index contributed by atoms with van der Waals surface area (Å²) < 4.78 is 18.1. The average molecular weight is 360 g/mol. The number of esters is 1. The van der Waals surface area contributed by atoms with Crippen LogP contribution in [0.25, 0.3) is 0 Å². The van der Waals surface area contributed by atoms with Crippen molar-refractivity contribution >= 4 is 5.97 Å². The largest absolute Gasteiger partial charge is 0.458 e. The van der Waals surface area contributed by atoms with Crippen molar-refractivity contribution in [1.82, 2.24) is 0 Å². The first-order chi connectivity index (χ1) is 12.4. The van der Waals surface area contributed by atoms with Gasteiger partial charge in [-0.3, -0.25) is 0 Å². The van der Waals surface area contributed by atoms with E-state index in [1.807, 2.05) is 18.2 Å². The summed E-state index contributed by atoms with van der Waals surface area (Å²) in [5.74, 6) is -0.228. The van der Waals surface area contributed by atoms with Gasteiger partial charge in [0.25, 0.3) is 0 Å². The molecule has 0 bridgehead atoms. The Labute approximate surface area is 154 Å². The molecule has 0 aromatic heterocycles. The molecule has 5 nitrogen and oxygen atoms in total. The highest BCUT2D eigenvalue weighted by atomic mass is 16.7. The van der Waals surface area contributed by atoms with Gasteiger partial charge in [0, 0.05) is 30.8 Å². The molecule has 142 valence electrons. The molecule has 3 fully saturated rings. The summed E-state index contributed by atoms with van der Waals surface area (Å²) in [6.07, 6.45) is 2.13. The molecule has 2 aliphatic carbocycles. The van der Waals surface area contributed by atoms with E-state index in [0.717, 1.165) is 19.3 Å². The van der Waals surface area contributed by atoms with Crippen molar-refractivity contribution in [3.05, 3.63) is 35.9 Å². The maximum atomic E-state index is 12.4. The lowest BCUT2D eigenvalue weighted by atomic mass is 9.91. The van der Waals surface area contributed by atoms with Crippen LogP contribution in [0.4, 0.5) is 0 Å². The number of fused-ring (bicyclic) bond motifs is 1. The van der Waals surface area contributed by atoms with E-state index < -0.39 is 5.79 Å². The van der Waals surface area contributed by atoms with Gasteiger partial charge in [0.2, 0.25) is 0 Å². The zero-order chi connectivity index (χ0) is 18.4. The van der Waals surface area contributed by atoms with E-state index in [1.165, 1.54) is 0 Å². The van der Waals surface area contributed by atoms with E-state index in [-0.39, 0.29) is 35.9 Å². The minimum Gasteiger partial charge on any atom is -0.458 e. The summed E-state index contributed by atoms with van der Waals surface area (Å²) in [6, 6.07) is 9.04. The predicted molar refractivity (Wildman–Crippen MR) is 95.5 cm³/mol. The van der Waals surface area contributed by atoms with Crippen LogP contribution in [-0.4, -0.2) is 42.8 Å². The van der Waals surface area contributed by atoms with Gasteiger partial charge in [-0.15, -0.1) is 0 Å². The molecular weight excluding hydrogens is 332 g/mol.